The Hall–Kier alpha value is -3.28. The number of benzene rings is 3. The molecule has 0 saturated heterocycles. The molecule has 0 spiro atoms. The SMILES string of the molecule is C[C@@H](C(=O)NC1CCCCC1)N(Cc1ccc(Cl)cc1)C(=O)CN(c1ccc(Cl)c(C(F)(F)F)c1)S(=O)(=O)c1ccccc1. The van der Waals surface area contributed by atoms with Crippen LogP contribution in [0.4, 0.5) is 18.9 Å². The highest BCUT2D eigenvalue weighted by atomic mass is 35.5. The van der Waals surface area contributed by atoms with Gasteiger partial charge in [0.15, 0.2) is 0 Å². The van der Waals surface area contributed by atoms with E-state index in [2.05, 4.69) is 5.32 Å². The van der Waals surface area contributed by atoms with E-state index in [1.165, 1.54) is 36.1 Å². The summed E-state index contributed by atoms with van der Waals surface area (Å²) in [6.07, 6.45) is -0.239. The summed E-state index contributed by atoms with van der Waals surface area (Å²) in [5.74, 6) is -1.21. The number of hydrogen-bond donors (Lipinski definition) is 1. The average molecular weight is 671 g/mol. The van der Waals surface area contributed by atoms with Crippen molar-refractivity contribution in [3.05, 3.63) is 94.0 Å². The van der Waals surface area contributed by atoms with E-state index in [1.807, 2.05) is 0 Å². The third kappa shape index (κ3) is 8.25. The molecule has 13 heteroatoms. The average Bonchev–Trinajstić information content (AvgIpc) is 2.99. The van der Waals surface area contributed by atoms with Gasteiger partial charge in [-0.2, -0.15) is 13.2 Å². The number of hydrogen-bond acceptors (Lipinski definition) is 4. The van der Waals surface area contributed by atoms with Crippen LogP contribution in [0.1, 0.15) is 50.2 Å². The summed E-state index contributed by atoms with van der Waals surface area (Å²) >= 11 is 11.8. The first-order valence-corrected chi connectivity index (χ1v) is 16.3. The Balaban J connectivity index is 1.73. The molecule has 0 bridgehead atoms. The molecule has 0 radical (unpaired) electrons. The summed E-state index contributed by atoms with van der Waals surface area (Å²) < 4.78 is 69.6. The molecular weight excluding hydrogens is 638 g/mol. The molecule has 1 atom stereocenters. The number of sulfonamides is 1. The normalized spacial score (nSPS) is 15.0. The zero-order valence-electron chi connectivity index (χ0n) is 23.9. The summed E-state index contributed by atoms with van der Waals surface area (Å²) in [5, 5.41) is 2.83. The molecule has 7 nitrogen and oxygen atoms in total. The number of anilines is 1. The van der Waals surface area contributed by atoms with Crippen LogP contribution >= 0.6 is 23.2 Å². The Morgan fingerprint density at radius 2 is 1.59 bits per heavy atom. The number of nitrogens with zero attached hydrogens (tertiary/aromatic N) is 2. The molecule has 3 aromatic carbocycles. The third-order valence-electron chi connectivity index (χ3n) is 7.54. The van der Waals surface area contributed by atoms with Gasteiger partial charge in [-0.3, -0.25) is 13.9 Å². The summed E-state index contributed by atoms with van der Waals surface area (Å²) in [6, 6.07) is 15.2. The van der Waals surface area contributed by atoms with Crippen LogP contribution in [0, 0.1) is 0 Å². The zero-order valence-corrected chi connectivity index (χ0v) is 26.2. The van der Waals surface area contributed by atoms with E-state index < -0.39 is 56.9 Å². The van der Waals surface area contributed by atoms with E-state index in [0.717, 1.165) is 44.2 Å². The van der Waals surface area contributed by atoms with Crippen molar-refractivity contribution in [1.82, 2.24) is 10.2 Å². The maximum atomic E-state index is 14.0. The Kier molecular flexibility index (Phi) is 10.9. The lowest BCUT2D eigenvalue weighted by atomic mass is 9.95. The minimum atomic E-state index is -4.88. The van der Waals surface area contributed by atoms with Crippen molar-refractivity contribution in [3.8, 4) is 0 Å². The second kappa shape index (κ2) is 14.2. The topological polar surface area (TPSA) is 86.8 Å². The summed E-state index contributed by atoms with van der Waals surface area (Å²) in [6.45, 7) is 0.569. The van der Waals surface area contributed by atoms with Gasteiger partial charge in [-0.1, -0.05) is 72.8 Å². The van der Waals surface area contributed by atoms with Crippen molar-refractivity contribution in [1.29, 1.82) is 0 Å². The molecule has 4 rings (SSSR count). The molecule has 1 N–H and O–H groups in total. The predicted molar refractivity (Wildman–Crippen MR) is 164 cm³/mol. The molecule has 1 fully saturated rings. The van der Waals surface area contributed by atoms with Gasteiger partial charge >= 0.3 is 6.18 Å². The van der Waals surface area contributed by atoms with Gasteiger partial charge in [0, 0.05) is 17.6 Å². The maximum Gasteiger partial charge on any atom is 0.417 e. The van der Waals surface area contributed by atoms with Gasteiger partial charge in [-0.15, -0.1) is 0 Å². The Bertz CT molecular complexity index is 1570. The third-order valence-corrected chi connectivity index (χ3v) is 9.91. The molecule has 0 unspecified atom stereocenters. The number of amides is 2. The van der Waals surface area contributed by atoms with Gasteiger partial charge in [-0.25, -0.2) is 8.42 Å². The molecule has 1 aliphatic carbocycles. The van der Waals surface area contributed by atoms with E-state index in [-0.39, 0.29) is 17.5 Å². The van der Waals surface area contributed by atoms with Gasteiger partial charge in [-0.05, 0) is 67.8 Å². The highest BCUT2D eigenvalue weighted by Crippen LogP contribution is 2.38. The molecule has 0 aromatic heterocycles. The van der Waals surface area contributed by atoms with Crippen LogP contribution in [0.5, 0.6) is 0 Å². The predicted octanol–water partition coefficient (Wildman–Crippen LogP) is 7.07. The fourth-order valence-electron chi connectivity index (χ4n) is 5.07. The van der Waals surface area contributed by atoms with Gasteiger partial charge in [0.05, 0.1) is 21.2 Å². The molecule has 3 aromatic rings. The fraction of sp³-hybridized carbons (Fsp3) is 0.355. The van der Waals surface area contributed by atoms with Gasteiger partial charge in [0.25, 0.3) is 10.0 Å². The highest BCUT2D eigenvalue weighted by molar-refractivity contribution is 7.92. The van der Waals surface area contributed by atoms with Gasteiger partial charge in [0.2, 0.25) is 11.8 Å². The van der Waals surface area contributed by atoms with Crippen LogP contribution in [0.15, 0.2) is 77.7 Å². The van der Waals surface area contributed by atoms with Crippen LogP contribution < -0.4 is 9.62 Å². The lowest BCUT2D eigenvalue weighted by molar-refractivity contribution is -0.139. The number of halogens is 5. The minimum Gasteiger partial charge on any atom is -0.352 e. The first-order valence-electron chi connectivity index (χ1n) is 14.1. The van der Waals surface area contributed by atoms with E-state index in [4.69, 9.17) is 23.2 Å². The maximum absolute atomic E-state index is 14.0. The van der Waals surface area contributed by atoms with Crippen molar-refractivity contribution < 1.29 is 31.2 Å². The first-order chi connectivity index (χ1) is 20.8. The second-order valence-electron chi connectivity index (χ2n) is 10.7. The lowest BCUT2D eigenvalue weighted by Crippen LogP contribution is -2.53. The van der Waals surface area contributed by atoms with Crippen LogP contribution in [-0.4, -0.2) is 43.8 Å². The van der Waals surface area contributed by atoms with Crippen molar-refractivity contribution in [2.45, 2.75) is 68.7 Å². The standard InChI is InChI=1S/C31H32Cl2F3N3O4S/c1-21(30(41)37-24-8-4-2-5-9-24)38(19-22-12-14-23(32)15-13-22)29(40)20-39(44(42,43)26-10-6-3-7-11-26)25-16-17-28(33)27(18-25)31(34,35)36/h3,6-7,10-18,21,24H,2,4-5,8-9,19-20H2,1H3,(H,37,41)/t21-/m0/s1. The van der Waals surface area contributed by atoms with Crippen molar-refractivity contribution in [3.63, 3.8) is 0 Å². The van der Waals surface area contributed by atoms with E-state index in [1.54, 1.807) is 30.3 Å². The lowest BCUT2D eigenvalue weighted by Gasteiger charge is -2.33. The van der Waals surface area contributed by atoms with E-state index in [0.29, 0.717) is 21.0 Å². The number of alkyl halides is 3. The Morgan fingerprint density at radius 3 is 2.20 bits per heavy atom. The Morgan fingerprint density at radius 1 is 0.955 bits per heavy atom. The monoisotopic (exact) mass is 669 g/mol. The molecular formula is C31H32Cl2F3N3O4S. The molecule has 236 valence electrons. The number of nitrogens with one attached hydrogen (secondary N) is 1. The molecule has 44 heavy (non-hydrogen) atoms. The smallest absolute Gasteiger partial charge is 0.352 e. The van der Waals surface area contributed by atoms with Gasteiger partial charge < -0.3 is 10.2 Å². The fourth-order valence-corrected chi connectivity index (χ4v) is 6.85. The van der Waals surface area contributed by atoms with Crippen LogP contribution in [0.3, 0.4) is 0 Å². The quantitative estimate of drug-likeness (QED) is 0.250. The number of rotatable bonds is 10. The minimum absolute atomic E-state index is 0.0454. The van der Waals surface area contributed by atoms with Crippen molar-refractivity contribution in [2.75, 3.05) is 10.8 Å². The Labute approximate surface area is 265 Å². The van der Waals surface area contributed by atoms with Crippen LogP contribution in [0.25, 0.3) is 0 Å². The molecule has 0 aliphatic heterocycles. The summed E-state index contributed by atoms with van der Waals surface area (Å²) in [5.41, 5.74) is -1.05. The van der Waals surface area contributed by atoms with Crippen molar-refractivity contribution >= 4 is 50.7 Å². The van der Waals surface area contributed by atoms with E-state index >= 15 is 0 Å². The molecule has 0 heterocycles. The number of carbonyl (C=O) groups excluding carboxylic acids is 2. The van der Waals surface area contributed by atoms with E-state index in [9.17, 15) is 31.2 Å². The molecule has 2 amide bonds. The summed E-state index contributed by atoms with van der Waals surface area (Å²) in [4.78, 5) is 28.4. The largest absolute Gasteiger partial charge is 0.417 e. The molecule has 1 saturated carbocycles. The highest BCUT2D eigenvalue weighted by Gasteiger charge is 2.37. The van der Waals surface area contributed by atoms with Gasteiger partial charge in [0.1, 0.15) is 12.6 Å². The zero-order chi connectivity index (χ0) is 32.1. The number of carbonyl (C=O) groups is 2. The second-order valence-corrected chi connectivity index (χ2v) is 13.4. The summed E-state index contributed by atoms with van der Waals surface area (Å²) in [7, 11) is -4.55. The first kappa shape index (κ1) is 33.6. The van der Waals surface area contributed by atoms with Crippen LogP contribution in [-0.2, 0) is 32.3 Å². The van der Waals surface area contributed by atoms with Crippen LogP contribution in [0.2, 0.25) is 10.0 Å². The van der Waals surface area contributed by atoms with Crippen molar-refractivity contribution in [2.24, 2.45) is 0 Å². The molecule has 1 aliphatic rings.